The lowest BCUT2D eigenvalue weighted by Crippen LogP contribution is -2.34. The highest BCUT2D eigenvalue weighted by Crippen LogP contribution is 2.30. The standard InChI is InChI=1S/C25H30N6O2/c32-25(24-8-4-12-27-24)33-23-7-3-5-20(15-23)19-9-13-30(14-10-19)16-22-18-31(29-28-22)17-21-6-1-2-11-26-21/h1-3,5-7,11,15,18-19,24,27H,4,8-10,12-14,16-17H2. The normalized spacial score (nSPS) is 19.6. The van der Waals surface area contributed by atoms with Crippen LogP contribution in [0.2, 0.25) is 0 Å². The molecule has 4 heterocycles. The van der Waals surface area contributed by atoms with Gasteiger partial charge in [-0.05, 0) is 81.1 Å². The van der Waals surface area contributed by atoms with Crippen LogP contribution in [-0.2, 0) is 17.9 Å². The monoisotopic (exact) mass is 446 g/mol. The number of likely N-dealkylation sites (tertiary alicyclic amines) is 1. The van der Waals surface area contributed by atoms with E-state index in [9.17, 15) is 4.79 Å². The Morgan fingerprint density at radius 3 is 2.76 bits per heavy atom. The molecular weight excluding hydrogens is 416 g/mol. The molecule has 1 N–H and O–H groups in total. The van der Waals surface area contributed by atoms with Crippen LogP contribution in [0.1, 0.15) is 48.6 Å². The molecule has 2 aromatic heterocycles. The molecule has 8 heteroatoms. The first-order chi connectivity index (χ1) is 16.2. The molecule has 0 amide bonds. The van der Waals surface area contributed by atoms with Gasteiger partial charge in [-0.1, -0.05) is 23.4 Å². The van der Waals surface area contributed by atoms with Gasteiger partial charge in [-0.2, -0.15) is 0 Å². The smallest absolute Gasteiger partial charge is 0.328 e. The highest BCUT2D eigenvalue weighted by Gasteiger charge is 2.25. The Labute approximate surface area is 194 Å². The summed E-state index contributed by atoms with van der Waals surface area (Å²) >= 11 is 0. The average Bonchev–Trinajstić information content (AvgIpc) is 3.53. The van der Waals surface area contributed by atoms with Gasteiger partial charge in [0.25, 0.3) is 0 Å². The van der Waals surface area contributed by atoms with E-state index < -0.39 is 0 Å². The highest BCUT2D eigenvalue weighted by molar-refractivity contribution is 5.78. The number of carbonyl (C=O) groups is 1. The van der Waals surface area contributed by atoms with E-state index in [2.05, 4.69) is 31.6 Å². The van der Waals surface area contributed by atoms with Crippen LogP contribution >= 0.6 is 0 Å². The molecule has 0 saturated carbocycles. The van der Waals surface area contributed by atoms with E-state index in [1.165, 1.54) is 5.56 Å². The van der Waals surface area contributed by atoms with E-state index in [0.717, 1.165) is 63.3 Å². The Kier molecular flexibility index (Phi) is 6.73. The molecule has 2 aliphatic heterocycles. The second kappa shape index (κ2) is 10.2. The Bertz CT molecular complexity index is 1060. The Balaban J connectivity index is 1.12. The van der Waals surface area contributed by atoms with Gasteiger partial charge in [0.1, 0.15) is 11.8 Å². The molecule has 3 aromatic rings. The minimum absolute atomic E-state index is 0.168. The molecule has 8 nitrogen and oxygen atoms in total. The summed E-state index contributed by atoms with van der Waals surface area (Å²) in [6, 6.07) is 13.8. The Morgan fingerprint density at radius 1 is 1.06 bits per heavy atom. The second-order valence-corrected chi connectivity index (χ2v) is 8.92. The van der Waals surface area contributed by atoms with Crippen LogP contribution in [0, 0.1) is 0 Å². The third-order valence-electron chi connectivity index (χ3n) is 6.50. The number of rotatable bonds is 7. The molecule has 2 fully saturated rings. The molecule has 0 radical (unpaired) electrons. The van der Waals surface area contributed by atoms with Crippen molar-refractivity contribution < 1.29 is 9.53 Å². The molecule has 0 aliphatic carbocycles. The fourth-order valence-corrected chi connectivity index (χ4v) is 4.70. The number of nitrogens with zero attached hydrogens (tertiary/aromatic N) is 5. The third-order valence-corrected chi connectivity index (χ3v) is 6.50. The number of nitrogens with one attached hydrogen (secondary N) is 1. The second-order valence-electron chi connectivity index (χ2n) is 8.92. The fourth-order valence-electron chi connectivity index (χ4n) is 4.70. The van der Waals surface area contributed by atoms with Crippen molar-refractivity contribution in [2.45, 2.75) is 50.7 Å². The molecule has 33 heavy (non-hydrogen) atoms. The predicted octanol–water partition coefficient (Wildman–Crippen LogP) is 2.76. The summed E-state index contributed by atoms with van der Waals surface area (Å²) in [5.74, 6) is 0.957. The minimum Gasteiger partial charge on any atom is -0.425 e. The van der Waals surface area contributed by atoms with E-state index in [1.807, 2.05) is 47.3 Å². The molecular formula is C25H30N6O2. The van der Waals surface area contributed by atoms with Crippen molar-refractivity contribution >= 4 is 5.97 Å². The number of aromatic nitrogens is 4. The van der Waals surface area contributed by atoms with Gasteiger partial charge in [0.15, 0.2) is 0 Å². The molecule has 0 bridgehead atoms. The molecule has 2 saturated heterocycles. The quantitative estimate of drug-likeness (QED) is 0.441. The van der Waals surface area contributed by atoms with E-state index in [4.69, 9.17) is 4.74 Å². The largest absolute Gasteiger partial charge is 0.425 e. The number of hydrogen-bond acceptors (Lipinski definition) is 7. The molecule has 2 aliphatic rings. The number of ether oxygens (including phenoxy) is 1. The lowest BCUT2D eigenvalue weighted by atomic mass is 9.89. The van der Waals surface area contributed by atoms with Crippen molar-refractivity contribution in [3.63, 3.8) is 0 Å². The molecule has 5 rings (SSSR count). The number of hydrogen-bond donors (Lipinski definition) is 1. The zero-order valence-electron chi connectivity index (χ0n) is 18.8. The maximum Gasteiger partial charge on any atom is 0.328 e. The van der Waals surface area contributed by atoms with Crippen molar-refractivity contribution in [2.75, 3.05) is 19.6 Å². The van der Waals surface area contributed by atoms with Gasteiger partial charge in [-0.25, -0.2) is 9.48 Å². The maximum atomic E-state index is 12.3. The SMILES string of the molecule is O=C(Oc1cccc(C2CCN(Cc3cn(Cc4ccccn4)nn3)CC2)c1)C1CCCN1. The summed E-state index contributed by atoms with van der Waals surface area (Å²) in [5, 5.41) is 11.8. The van der Waals surface area contributed by atoms with Crippen LogP contribution in [-0.4, -0.2) is 56.5 Å². The fraction of sp³-hybridized carbons (Fsp3) is 0.440. The van der Waals surface area contributed by atoms with Crippen LogP contribution in [0.25, 0.3) is 0 Å². The van der Waals surface area contributed by atoms with Gasteiger partial charge >= 0.3 is 5.97 Å². The van der Waals surface area contributed by atoms with E-state index >= 15 is 0 Å². The van der Waals surface area contributed by atoms with Crippen molar-refractivity contribution in [1.82, 2.24) is 30.2 Å². The van der Waals surface area contributed by atoms with Gasteiger partial charge in [0.05, 0.1) is 24.1 Å². The summed E-state index contributed by atoms with van der Waals surface area (Å²) < 4.78 is 7.49. The first-order valence-electron chi connectivity index (χ1n) is 11.8. The predicted molar refractivity (Wildman–Crippen MR) is 124 cm³/mol. The molecule has 0 spiro atoms. The topological polar surface area (TPSA) is 85.2 Å². The molecule has 1 unspecified atom stereocenters. The van der Waals surface area contributed by atoms with Crippen molar-refractivity contribution in [2.24, 2.45) is 0 Å². The average molecular weight is 447 g/mol. The molecule has 1 aromatic carbocycles. The van der Waals surface area contributed by atoms with E-state index in [1.54, 1.807) is 6.20 Å². The van der Waals surface area contributed by atoms with Crippen LogP contribution in [0.15, 0.2) is 54.9 Å². The van der Waals surface area contributed by atoms with E-state index in [-0.39, 0.29) is 12.0 Å². The number of pyridine rings is 1. The minimum atomic E-state index is -0.171. The lowest BCUT2D eigenvalue weighted by molar-refractivity contribution is -0.136. The van der Waals surface area contributed by atoms with Gasteiger partial charge < -0.3 is 10.1 Å². The van der Waals surface area contributed by atoms with E-state index in [0.29, 0.717) is 18.2 Å². The molecule has 172 valence electrons. The summed E-state index contributed by atoms with van der Waals surface area (Å²) in [6.07, 6.45) is 7.84. The van der Waals surface area contributed by atoms with Crippen molar-refractivity contribution in [1.29, 1.82) is 0 Å². The summed E-state index contributed by atoms with van der Waals surface area (Å²) in [5.41, 5.74) is 3.21. The Morgan fingerprint density at radius 2 is 1.97 bits per heavy atom. The number of piperidine rings is 1. The van der Waals surface area contributed by atoms with Crippen molar-refractivity contribution in [3.8, 4) is 5.75 Å². The van der Waals surface area contributed by atoms with Crippen molar-refractivity contribution in [3.05, 3.63) is 71.8 Å². The van der Waals surface area contributed by atoms with Gasteiger partial charge in [0.2, 0.25) is 0 Å². The zero-order valence-corrected chi connectivity index (χ0v) is 18.8. The third kappa shape index (κ3) is 5.64. The number of benzene rings is 1. The molecule has 1 atom stereocenters. The van der Waals surface area contributed by atoms with Crippen LogP contribution in [0.3, 0.4) is 0 Å². The lowest BCUT2D eigenvalue weighted by Gasteiger charge is -2.31. The number of carbonyl (C=O) groups excluding carboxylic acids is 1. The Hall–Kier alpha value is -3.10. The van der Waals surface area contributed by atoms with Gasteiger partial charge in [-0.15, -0.1) is 5.10 Å². The first kappa shape index (κ1) is 21.7. The van der Waals surface area contributed by atoms with Crippen LogP contribution < -0.4 is 10.1 Å². The van der Waals surface area contributed by atoms with Crippen LogP contribution in [0.4, 0.5) is 0 Å². The van der Waals surface area contributed by atoms with Gasteiger partial charge in [-0.3, -0.25) is 9.88 Å². The van der Waals surface area contributed by atoms with Gasteiger partial charge in [0, 0.05) is 12.7 Å². The van der Waals surface area contributed by atoms with Crippen LogP contribution in [0.5, 0.6) is 5.75 Å². The highest BCUT2D eigenvalue weighted by atomic mass is 16.5. The number of esters is 1. The first-order valence-corrected chi connectivity index (χ1v) is 11.8. The summed E-state index contributed by atoms with van der Waals surface area (Å²) in [7, 11) is 0. The zero-order chi connectivity index (χ0) is 22.5. The summed E-state index contributed by atoms with van der Waals surface area (Å²) in [4.78, 5) is 19.1. The maximum absolute atomic E-state index is 12.3. The summed E-state index contributed by atoms with van der Waals surface area (Å²) in [6.45, 7) is 4.34.